The van der Waals surface area contributed by atoms with Crippen molar-refractivity contribution in [3.63, 3.8) is 0 Å². The fourth-order valence-electron chi connectivity index (χ4n) is 2.06. The van der Waals surface area contributed by atoms with E-state index in [9.17, 15) is 13.2 Å². The van der Waals surface area contributed by atoms with Gasteiger partial charge in [0.1, 0.15) is 10.8 Å². The molecule has 1 aromatic rings. The van der Waals surface area contributed by atoms with Crippen LogP contribution in [0.4, 0.5) is 0 Å². The SMILES string of the molecule is C#CCN(C(=O)c1cnc(Cl)cn1)C1CCS(=O)(=O)C1. The molecule has 6 nitrogen and oxygen atoms in total. The van der Waals surface area contributed by atoms with Gasteiger partial charge in [-0.25, -0.2) is 18.4 Å². The second kappa shape index (κ2) is 5.77. The van der Waals surface area contributed by atoms with Gasteiger partial charge in [0.05, 0.1) is 30.4 Å². The number of aromatic nitrogens is 2. The number of halogens is 1. The van der Waals surface area contributed by atoms with Crippen molar-refractivity contribution < 1.29 is 13.2 Å². The summed E-state index contributed by atoms with van der Waals surface area (Å²) in [5.41, 5.74) is 0.0916. The van der Waals surface area contributed by atoms with E-state index >= 15 is 0 Å². The van der Waals surface area contributed by atoms with Crippen LogP contribution in [0.2, 0.25) is 5.15 Å². The van der Waals surface area contributed by atoms with Gasteiger partial charge in [-0.1, -0.05) is 17.5 Å². The van der Waals surface area contributed by atoms with Crippen LogP contribution in [0.5, 0.6) is 0 Å². The molecule has 1 saturated heterocycles. The molecule has 2 heterocycles. The minimum Gasteiger partial charge on any atom is -0.322 e. The molecule has 0 bridgehead atoms. The van der Waals surface area contributed by atoms with Crippen LogP contribution >= 0.6 is 11.6 Å². The van der Waals surface area contributed by atoms with Crippen molar-refractivity contribution >= 4 is 27.3 Å². The highest BCUT2D eigenvalue weighted by Gasteiger charge is 2.35. The molecule has 0 radical (unpaired) electrons. The molecule has 0 aliphatic carbocycles. The van der Waals surface area contributed by atoms with Gasteiger partial charge >= 0.3 is 0 Å². The number of nitrogens with zero attached hydrogens (tertiary/aromatic N) is 3. The summed E-state index contributed by atoms with van der Waals surface area (Å²) in [5, 5.41) is 0.175. The van der Waals surface area contributed by atoms with Gasteiger partial charge in [0.2, 0.25) is 0 Å². The maximum absolute atomic E-state index is 12.3. The maximum Gasteiger partial charge on any atom is 0.275 e. The first-order valence-electron chi connectivity index (χ1n) is 5.85. The summed E-state index contributed by atoms with van der Waals surface area (Å²) in [6.45, 7) is 0.0311. The monoisotopic (exact) mass is 313 g/mol. The van der Waals surface area contributed by atoms with E-state index in [0.29, 0.717) is 6.42 Å². The first-order valence-corrected chi connectivity index (χ1v) is 8.05. The van der Waals surface area contributed by atoms with Crippen molar-refractivity contribution in [1.82, 2.24) is 14.9 Å². The average Bonchev–Trinajstić information content (AvgIpc) is 2.76. The molecule has 1 amide bonds. The normalized spacial score (nSPS) is 20.3. The van der Waals surface area contributed by atoms with E-state index in [-0.39, 0.29) is 28.9 Å². The molecule has 8 heteroatoms. The lowest BCUT2D eigenvalue weighted by atomic mass is 10.2. The summed E-state index contributed by atoms with van der Waals surface area (Å²) in [4.78, 5) is 21.4. The van der Waals surface area contributed by atoms with Crippen LogP contribution in [0.3, 0.4) is 0 Å². The van der Waals surface area contributed by atoms with Crippen molar-refractivity contribution in [2.75, 3.05) is 18.1 Å². The van der Waals surface area contributed by atoms with Gasteiger partial charge in [-0.15, -0.1) is 6.42 Å². The summed E-state index contributed by atoms with van der Waals surface area (Å²) in [6, 6.07) is -0.416. The summed E-state index contributed by atoms with van der Waals surface area (Å²) in [5.74, 6) is 1.93. The molecule has 1 atom stereocenters. The number of hydrogen-bond donors (Lipinski definition) is 0. The summed E-state index contributed by atoms with van der Waals surface area (Å²) < 4.78 is 23.0. The predicted molar refractivity (Wildman–Crippen MR) is 74.0 cm³/mol. The third-order valence-electron chi connectivity index (χ3n) is 3.01. The molecule has 0 aromatic carbocycles. The van der Waals surface area contributed by atoms with Crippen LogP contribution in [0.25, 0.3) is 0 Å². The van der Waals surface area contributed by atoms with Crippen molar-refractivity contribution in [2.45, 2.75) is 12.5 Å². The van der Waals surface area contributed by atoms with E-state index in [2.05, 4.69) is 15.9 Å². The Bertz CT molecular complexity index is 652. The van der Waals surface area contributed by atoms with E-state index < -0.39 is 21.8 Å². The molecular weight excluding hydrogens is 302 g/mol. The van der Waals surface area contributed by atoms with Crippen LogP contribution < -0.4 is 0 Å². The van der Waals surface area contributed by atoms with Crippen LogP contribution in [-0.4, -0.2) is 53.3 Å². The number of sulfone groups is 1. The smallest absolute Gasteiger partial charge is 0.275 e. The lowest BCUT2D eigenvalue weighted by Gasteiger charge is -2.25. The molecule has 0 N–H and O–H groups in total. The number of terminal acetylenes is 1. The van der Waals surface area contributed by atoms with E-state index in [1.807, 2.05) is 0 Å². The summed E-state index contributed by atoms with van der Waals surface area (Å²) >= 11 is 5.61. The molecule has 1 fully saturated rings. The topological polar surface area (TPSA) is 80.2 Å². The number of carbonyl (C=O) groups excluding carboxylic acids is 1. The molecule has 1 aliphatic heterocycles. The van der Waals surface area contributed by atoms with E-state index in [0.717, 1.165) is 0 Å². The van der Waals surface area contributed by atoms with Gasteiger partial charge in [-0.3, -0.25) is 4.79 Å². The van der Waals surface area contributed by atoms with Crippen LogP contribution in [-0.2, 0) is 9.84 Å². The molecule has 20 heavy (non-hydrogen) atoms. The van der Waals surface area contributed by atoms with Crippen LogP contribution in [0, 0.1) is 12.3 Å². The number of rotatable bonds is 3. The zero-order chi connectivity index (χ0) is 14.8. The largest absolute Gasteiger partial charge is 0.322 e. The van der Waals surface area contributed by atoms with Gasteiger partial charge in [-0.05, 0) is 6.42 Å². The molecular formula is C12H12ClN3O3S. The highest BCUT2D eigenvalue weighted by Crippen LogP contribution is 2.19. The second-order valence-corrected chi connectivity index (χ2v) is 7.03. The molecule has 0 spiro atoms. The fourth-order valence-corrected chi connectivity index (χ4v) is 3.88. The zero-order valence-corrected chi connectivity index (χ0v) is 12.1. The number of amides is 1. The highest BCUT2D eigenvalue weighted by molar-refractivity contribution is 7.91. The maximum atomic E-state index is 12.3. The molecule has 0 saturated carbocycles. The van der Waals surface area contributed by atoms with E-state index in [1.54, 1.807) is 0 Å². The highest BCUT2D eigenvalue weighted by atomic mass is 35.5. The van der Waals surface area contributed by atoms with Gasteiger partial charge in [0.25, 0.3) is 5.91 Å². The Hall–Kier alpha value is -1.65. The quantitative estimate of drug-likeness (QED) is 0.754. The standard InChI is InChI=1S/C12H12ClN3O3S/c1-2-4-16(9-3-5-20(18,19)8-9)12(17)10-6-15-11(13)7-14-10/h1,6-7,9H,3-5,8H2. The fraction of sp³-hybridized carbons (Fsp3) is 0.417. The van der Waals surface area contributed by atoms with Gasteiger partial charge in [0.15, 0.2) is 9.84 Å². The van der Waals surface area contributed by atoms with Crippen molar-refractivity contribution in [1.29, 1.82) is 0 Å². The van der Waals surface area contributed by atoms with Crippen molar-refractivity contribution in [3.8, 4) is 12.3 Å². The third kappa shape index (κ3) is 3.26. The molecule has 1 aliphatic rings. The number of carbonyl (C=O) groups is 1. The Morgan fingerprint density at radius 2 is 2.25 bits per heavy atom. The Morgan fingerprint density at radius 1 is 1.50 bits per heavy atom. The number of hydrogen-bond acceptors (Lipinski definition) is 5. The Kier molecular flexibility index (Phi) is 4.26. The second-order valence-electron chi connectivity index (χ2n) is 4.42. The Labute approximate surface area is 122 Å². The molecule has 1 aromatic heterocycles. The minimum absolute atomic E-state index is 0.0311. The molecule has 2 rings (SSSR count). The first kappa shape index (κ1) is 14.8. The van der Waals surface area contributed by atoms with Gasteiger partial charge in [-0.2, -0.15) is 0 Å². The first-order chi connectivity index (χ1) is 9.43. The van der Waals surface area contributed by atoms with Crippen LogP contribution in [0.15, 0.2) is 12.4 Å². The van der Waals surface area contributed by atoms with Crippen molar-refractivity contribution in [2.24, 2.45) is 0 Å². The molecule has 106 valence electrons. The van der Waals surface area contributed by atoms with Crippen molar-refractivity contribution in [3.05, 3.63) is 23.2 Å². The molecule has 1 unspecified atom stereocenters. The lowest BCUT2D eigenvalue weighted by molar-refractivity contribution is 0.0718. The van der Waals surface area contributed by atoms with Gasteiger partial charge in [0, 0.05) is 6.04 Å². The summed E-state index contributed by atoms with van der Waals surface area (Å²) in [6.07, 6.45) is 8.15. The average molecular weight is 314 g/mol. The zero-order valence-electron chi connectivity index (χ0n) is 10.5. The van der Waals surface area contributed by atoms with E-state index in [4.69, 9.17) is 18.0 Å². The predicted octanol–water partition coefficient (Wildman–Crippen LogP) is 0.393. The van der Waals surface area contributed by atoms with E-state index in [1.165, 1.54) is 17.3 Å². The Balaban J connectivity index is 2.23. The lowest BCUT2D eigenvalue weighted by Crippen LogP contribution is -2.41. The van der Waals surface area contributed by atoms with Gasteiger partial charge < -0.3 is 4.90 Å². The minimum atomic E-state index is -3.10. The third-order valence-corrected chi connectivity index (χ3v) is 4.96. The summed E-state index contributed by atoms with van der Waals surface area (Å²) in [7, 11) is -3.10. The Morgan fingerprint density at radius 3 is 2.75 bits per heavy atom. The van der Waals surface area contributed by atoms with Crippen LogP contribution in [0.1, 0.15) is 16.9 Å².